The predicted molar refractivity (Wildman–Crippen MR) is 78.5 cm³/mol. The van der Waals surface area contributed by atoms with Crippen LogP contribution < -0.4 is 5.32 Å². The molecule has 1 unspecified atom stereocenters. The van der Waals surface area contributed by atoms with Crippen molar-refractivity contribution in [2.24, 2.45) is 5.92 Å². The summed E-state index contributed by atoms with van der Waals surface area (Å²) in [7, 11) is 0. The Hall–Kier alpha value is -1.26. The van der Waals surface area contributed by atoms with Crippen LogP contribution in [0.5, 0.6) is 0 Å². The van der Waals surface area contributed by atoms with Crippen molar-refractivity contribution in [1.82, 2.24) is 5.32 Å². The molecule has 0 rings (SSSR count). The summed E-state index contributed by atoms with van der Waals surface area (Å²) >= 11 is 0. The molecule has 5 nitrogen and oxygen atoms in total. The molecule has 0 radical (unpaired) electrons. The Kier molecular flexibility index (Phi) is 10.8. The van der Waals surface area contributed by atoms with Crippen molar-refractivity contribution in [2.75, 3.05) is 13.2 Å². The third-order valence-corrected chi connectivity index (χ3v) is 3.26. The van der Waals surface area contributed by atoms with Gasteiger partial charge in [0, 0.05) is 0 Å². The second-order valence-electron chi connectivity index (χ2n) is 4.96. The van der Waals surface area contributed by atoms with Gasteiger partial charge in [0.2, 0.25) is 0 Å². The average Bonchev–Trinajstić information content (AvgIpc) is 2.43. The summed E-state index contributed by atoms with van der Waals surface area (Å²) < 4.78 is 10.1. The lowest BCUT2D eigenvalue weighted by atomic mass is 9.99. The van der Waals surface area contributed by atoms with E-state index < -0.39 is 12.1 Å². The molecule has 0 saturated heterocycles. The average molecular weight is 287 g/mol. The number of hydrogen-bond acceptors (Lipinski definition) is 4. The minimum Gasteiger partial charge on any atom is -0.464 e. The van der Waals surface area contributed by atoms with E-state index in [1.54, 1.807) is 6.92 Å². The molecule has 0 bridgehead atoms. The van der Waals surface area contributed by atoms with Gasteiger partial charge in [-0.05, 0) is 19.3 Å². The van der Waals surface area contributed by atoms with E-state index in [1.165, 1.54) is 0 Å². The first-order chi connectivity index (χ1) is 9.56. The molecule has 0 spiro atoms. The number of amides is 1. The van der Waals surface area contributed by atoms with Crippen molar-refractivity contribution >= 4 is 12.1 Å². The van der Waals surface area contributed by atoms with Crippen LogP contribution in [0.25, 0.3) is 0 Å². The van der Waals surface area contributed by atoms with Gasteiger partial charge in [-0.2, -0.15) is 0 Å². The van der Waals surface area contributed by atoms with Gasteiger partial charge in [0.25, 0.3) is 0 Å². The lowest BCUT2D eigenvalue weighted by Gasteiger charge is -2.22. The van der Waals surface area contributed by atoms with Gasteiger partial charge in [0.15, 0.2) is 0 Å². The van der Waals surface area contributed by atoms with Gasteiger partial charge in [0.05, 0.1) is 13.2 Å². The number of unbranched alkanes of at least 4 members (excludes halogenated alkanes) is 3. The highest BCUT2D eigenvalue weighted by Crippen LogP contribution is 2.10. The van der Waals surface area contributed by atoms with Crippen LogP contribution in [-0.4, -0.2) is 31.3 Å². The van der Waals surface area contributed by atoms with Crippen molar-refractivity contribution < 1.29 is 19.1 Å². The minimum absolute atomic E-state index is 0.0162. The Morgan fingerprint density at radius 2 is 1.75 bits per heavy atom. The fraction of sp³-hybridized carbons (Fsp3) is 0.867. The van der Waals surface area contributed by atoms with Gasteiger partial charge in [-0.15, -0.1) is 0 Å². The van der Waals surface area contributed by atoms with Gasteiger partial charge in [0.1, 0.15) is 6.04 Å². The molecule has 0 aliphatic heterocycles. The summed E-state index contributed by atoms with van der Waals surface area (Å²) in [5, 5.41) is 2.58. The largest absolute Gasteiger partial charge is 0.464 e. The summed E-state index contributed by atoms with van der Waals surface area (Å²) in [6.45, 7) is 8.44. The van der Waals surface area contributed by atoms with Crippen molar-refractivity contribution in [2.45, 2.75) is 65.8 Å². The molecule has 0 aliphatic carbocycles. The third kappa shape index (κ3) is 8.02. The number of nitrogens with one attached hydrogen (secondary N) is 1. The topological polar surface area (TPSA) is 64.6 Å². The van der Waals surface area contributed by atoms with E-state index in [-0.39, 0.29) is 18.5 Å². The number of hydrogen-bond donors (Lipinski definition) is 1. The second kappa shape index (κ2) is 11.6. The van der Waals surface area contributed by atoms with Gasteiger partial charge >= 0.3 is 12.1 Å². The minimum atomic E-state index is -0.634. The molecule has 0 aliphatic rings. The fourth-order valence-corrected chi connectivity index (χ4v) is 1.76. The van der Waals surface area contributed by atoms with Crippen LogP contribution in [0.15, 0.2) is 0 Å². The van der Waals surface area contributed by atoms with E-state index in [1.807, 2.05) is 13.8 Å². The van der Waals surface area contributed by atoms with Gasteiger partial charge < -0.3 is 14.8 Å². The van der Waals surface area contributed by atoms with Gasteiger partial charge in [-0.1, -0.05) is 46.5 Å². The number of alkyl carbamates (subject to hydrolysis) is 1. The lowest BCUT2D eigenvalue weighted by Crippen LogP contribution is -2.46. The Balaban J connectivity index is 4.24. The van der Waals surface area contributed by atoms with Crippen molar-refractivity contribution in [1.29, 1.82) is 0 Å². The monoisotopic (exact) mass is 287 g/mol. The highest BCUT2D eigenvalue weighted by molar-refractivity contribution is 5.81. The van der Waals surface area contributed by atoms with E-state index in [2.05, 4.69) is 12.2 Å². The van der Waals surface area contributed by atoms with Crippen LogP contribution in [0.4, 0.5) is 4.79 Å². The summed E-state index contributed by atoms with van der Waals surface area (Å²) in [4.78, 5) is 23.5. The molecule has 0 fully saturated rings. The Labute approximate surface area is 122 Å². The Bertz CT molecular complexity index is 281. The molecule has 2 atom stereocenters. The van der Waals surface area contributed by atoms with E-state index in [9.17, 15) is 9.59 Å². The van der Waals surface area contributed by atoms with Crippen molar-refractivity contribution in [3.8, 4) is 0 Å². The molecule has 0 heterocycles. The van der Waals surface area contributed by atoms with Gasteiger partial charge in [-0.3, -0.25) is 0 Å². The molecular formula is C15H29NO4. The van der Waals surface area contributed by atoms with E-state index in [0.717, 1.165) is 32.1 Å². The van der Waals surface area contributed by atoms with Crippen LogP contribution >= 0.6 is 0 Å². The highest BCUT2D eigenvalue weighted by Gasteiger charge is 2.27. The van der Waals surface area contributed by atoms with Crippen molar-refractivity contribution in [3.05, 3.63) is 0 Å². The molecule has 1 amide bonds. The standard InChI is InChI=1S/C15H29NO4/c1-5-8-9-10-11-20-14(17)13(12(4)6-2)16-15(18)19-7-3/h12-13H,5-11H2,1-4H3,(H,16,18)/t12?,13-/m0/s1. The van der Waals surface area contributed by atoms with Gasteiger partial charge in [-0.25, -0.2) is 9.59 Å². The molecule has 0 saturated carbocycles. The normalized spacial score (nSPS) is 13.4. The quantitative estimate of drug-likeness (QED) is 0.495. The van der Waals surface area contributed by atoms with Crippen LogP contribution in [-0.2, 0) is 14.3 Å². The Morgan fingerprint density at radius 3 is 2.30 bits per heavy atom. The number of carbonyl (C=O) groups is 2. The first-order valence-electron chi connectivity index (χ1n) is 7.66. The first kappa shape index (κ1) is 18.7. The van der Waals surface area contributed by atoms with E-state index in [0.29, 0.717) is 6.61 Å². The lowest BCUT2D eigenvalue weighted by molar-refractivity contribution is -0.147. The SMILES string of the molecule is CCCCCCOC(=O)[C@@H](NC(=O)OCC)C(C)CC. The van der Waals surface area contributed by atoms with E-state index in [4.69, 9.17) is 9.47 Å². The highest BCUT2D eigenvalue weighted by atomic mass is 16.6. The molecule has 1 N–H and O–H groups in total. The molecule has 0 aromatic rings. The summed E-state index contributed by atoms with van der Waals surface area (Å²) in [6, 6.07) is -0.634. The number of ether oxygens (including phenoxy) is 2. The van der Waals surface area contributed by atoms with Crippen molar-refractivity contribution in [3.63, 3.8) is 0 Å². The maximum Gasteiger partial charge on any atom is 0.407 e. The van der Waals surface area contributed by atoms with Crippen LogP contribution in [0.1, 0.15) is 59.8 Å². The number of rotatable bonds is 10. The maximum absolute atomic E-state index is 12.0. The first-order valence-corrected chi connectivity index (χ1v) is 7.66. The summed E-state index contributed by atoms with van der Waals surface area (Å²) in [6.07, 6.45) is 4.43. The zero-order valence-electron chi connectivity index (χ0n) is 13.2. The maximum atomic E-state index is 12.0. The van der Waals surface area contributed by atoms with Crippen LogP contribution in [0, 0.1) is 5.92 Å². The zero-order valence-corrected chi connectivity index (χ0v) is 13.2. The predicted octanol–water partition coefficient (Wildman–Crippen LogP) is 3.27. The second-order valence-corrected chi connectivity index (χ2v) is 4.96. The molecule has 20 heavy (non-hydrogen) atoms. The van der Waals surface area contributed by atoms with E-state index >= 15 is 0 Å². The third-order valence-electron chi connectivity index (χ3n) is 3.26. The molecule has 0 aromatic carbocycles. The molecule has 5 heteroatoms. The molecule has 0 aromatic heterocycles. The smallest absolute Gasteiger partial charge is 0.407 e. The summed E-state index contributed by atoms with van der Waals surface area (Å²) in [5.41, 5.74) is 0. The van der Waals surface area contributed by atoms with Crippen LogP contribution in [0.2, 0.25) is 0 Å². The Morgan fingerprint density at radius 1 is 1.05 bits per heavy atom. The number of esters is 1. The summed E-state index contributed by atoms with van der Waals surface area (Å²) in [5.74, 6) is -0.355. The molecular weight excluding hydrogens is 258 g/mol. The molecule has 118 valence electrons. The fourth-order valence-electron chi connectivity index (χ4n) is 1.76. The number of carbonyl (C=O) groups excluding carboxylic acids is 2. The zero-order chi connectivity index (χ0) is 15.4. The van der Waals surface area contributed by atoms with Crippen LogP contribution in [0.3, 0.4) is 0 Å².